The molecule has 1 amide bonds. The van der Waals surface area contributed by atoms with Crippen molar-refractivity contribution in [2.75, 3.05) is 5.73 Å². The Kier molecular flexibility index (Phi) is 5.56. The lowest BCUT2D eigenvalue weighted by Gasteiger charge is -2.06. The number of aromatic nitrogens is 2. The van der Waals surface area contributed by atoms with Crippen molar-refractivity contribution >= 4 is 17.9 Å². The van der Waals surface area contributed by atoms with Gasteiger partial charge in [0.1, 0.15) is 18.1 Å². The van der Waals surface area contributed by atoms with Gasteiger partial charge in [0.05, 0.1) is 12.6 Å². The number of hydrogen-bond acceptors (Lipinski definition) is 7. The predicted octanol–water partition coefficient (Wildman–Crippen LogP) is 1.92. The number of nitrogen functional groups attached to an aromatic ring is 1. The number of carbonyl (C=O) groups is 1. The molecule has 0 atom stereocenters. The van der Waals surface area contributed by atoms with Gasteiger partial charge in [0, 0.05) is 0 Å². The first-order valence-corrected chi connectivity index (χ1v) is 7.86. The average molecular weight is 351 g/mol. The maximum absolute atomic E-state index is 11.7. The van der Waals surface area contributed by atoms with Crippen LogP contribution < -0.4 is 15.9 Å². The predicted molar refractivity (Wildman–Crippen MR) is 95.4 cm³/mol. The largest absolute Gasteiger partial charge is 0.489 e. The highest BCUT2D eigenvalue weighted by molar-refractivity contribution is 5.83. The van der Waals surface area contributed by atoms with Gasteiger partial charge in [0.25, 0.3) is 0 Å². The Balaban J connectivity index is 1.47. The van der Waals surface area contributed by atoms with E-state index >= 15 is 0 Å². The van der Waals surface area contributed by atoms with E-state index in [1.165, 1.54) is 6.21 Å². The van der Waals surface area contributed by atoms with Crippen LogP contribution >= 0.6 is 0 Å². The highest BCUT2D eigenvalue weighted by atomic mass is 16.6. The molecular weight excluding hydrogens is 334 g/mol. The third kappa shape index (κ3) is 4.91. The minimum Gasteiger partial charge on any atom is -0.489 e. The third-order valence-corrected chi connectivity index (χ3v) is 3.45. The molecule has 0 aliphatic heterocycles. The van der Waals surface area contributed by atoms with Crippen LogP contribution in [0.3, 0.4) is 0 Å². The number of ether oxygens (including phenoxy) is 1. The normalized spacial score (nSPS) is 10.8. The Hall–Kier alpha value is -3.68. The van der Waals surface area contributed by atoms with Crippen LogP contribution in [-0.2, 0) is 17.8 Å². The molecule has 0 fully saturated rings. The zero-order chi connectivity index (χ0) is 18.2. The number of hydrogen-bond donors (Lipinski definition) is 2. The highest BCUT2D eigenvalue weighted by Crippen LogP contribution is 2.13. The van der Waals surface area contributed by atoms with Crippen molar-refractivity contribution in [1.82, 2.24) is 15.7 Å². The van der Waals surface area contributed by atoms with E-state index in [9.17, 15) is 4.79 Å². The average Bonchev–Trinajstić information content (AvgIpc) is 3.06. The quantitative estimate of drug-likeness (QED) is 0.496. The summed E-state index contributed by atoms with van der Waals surface area (Å²) < 4.78 is 10.1. The second kappa shape index (κ2) is 8.43. The first-order valence-electron chi connectivity index (χ1n) is 7.86. The molecule has 3 N–H and O–H groups in total. The van der Waals surface area contributed by atoms with Crippen molar-refractivity contribution < 1.29 is 14.2 Å². The van der Waals surface area contributed by atoms with Gasteiger partial charge in [-0.2, -0.15) is 5.10 Å². The molecule has 132 valence electrons. The molecular formula is C18H17N5O3. The molecule has 0 saturated carbocycles. The minimum absolute atomic E-state index is 0.0566. The summed E-state index contributed by atoms with van der Waals surface area (Å²) in [6.45, 7) is 0.504. The Morgan fingerprint density at radius 2 is 1.92 bits per heavy atom. The molecule has 1 heterocycles. The van der Waals surface area contributed by atoms with E-state index in [0.717, 1.165) is 16.9 Å². The van der Waals surface area contributed by atoms with Crippen molar-refractivity contribution in [2.24, 2.45) is 5.10 Å². The van der Waals surface area contributed by atoms with Gasteiger partial charge < -0.3 is 10.5 Å². The van der Waals surface area contributed by atoms with Gasteiger partial charge >= 0.3 is 0 Å². The topological polar surface area (TPSA) is 116 Å². The summed E-state index contributed by atoms with van der Waals surface area (Å²) >= 11 is 0. The van der Waals surface area contributed by atoms with E-state index in [4.69, 9.17) is 10.5 Å². The van der Waals surface area contributed by atoms with Crippen molar-refractivity contribution in [3.63, 3.8) is 0 Å². The van der Waals surface area contributed by atoms with Gasteiger partial charge in [-0.15, -0.1) is 0 Å². The number of nitrogens with two attached hydrogens (primary N) is 1. The molecule has 0 spiro atoms. The molecule has 26 heavy (non-hydrogen) atoms. The Bertz CT molecular complexity index is 875. The van der Waals surface area contributed by atoms with Gasteiger partial charge in [-0.3, -0.25) is 4.79 Å². The molecule has 8 nitrogen and oxygen atoms in total. The number of benzene rings is 2. The maximum atomic E-state index is 11.7. The number of amides is 1. The zero-order valence-electron chi connectivity index (χ0n) is 13.8. The molecule has 2 aromatic carbocycles. The summed E-state index contributed by atoms with van der Waals surface area (Å²) in [7, 11) is 0. The zero-order valence-corrected chi connectivity index (χ0v) is 13.8. The number of hydrazone groups is 1. The fourth-order valence-electron chi connectivity index (χ4n) is 2.10. The summed E-state index contributed by atoms with van der Waals surface area (Å²) in [6.07, 6.45) is 1.47. The van der Waals surface area contributed by atoms with E-state index in [2.05, 4.69) is 25.5 Å². The molecule has 0 bridgehead atoms. The van der Waals surface area contributed by atoms with Crippen LogP contribution in [-0.4, -0.2) is 22.4 Å². The van der Waals surface area contributed by atoms with Crippen LogP contribution in [0.5, 0.6) is 5.75 Å². The number of anilines is 1. The van der Waals surface area contributed by atoms with Crippen LogP contribution in [0.2, 0.25) is 0 Å². The van der Waals surface area contributed by atoms with Crippen LogP contribution in [0.25, 0.3) is 0 Å². The first-order chi connectivity index (χ1) is 12.7. The standard InChI is InChI=1S/C18H17N5O3/c19-18-16(22-26-23-18)10-17(24)21-20-11-13-6-8-15(9-7-13)25-12-14-4-2-1-3-5-14/h1-9,11H,10,12H2,(H2,19,23)(H,21,24)/b20-11+. The Labute approximate surface area is 149 Å². The second-order valence-electron chi connectivity index (χ2n) is 5.41. The van der Waals surface area contributed by atoms with Crippen LogP contribution in [0.15, 0.2) is 64.3 Å². The van der Waals surface area contributed by atoms with Gasteiger partial charge in [-0.1, -0.05) is 35.5 Å². The molecule has 3 aromatic rings. The number of nitrogens with zero attached hydrogens (tertiary/aromatic N) is 3. The molecule has 0 unspecified atom stereocenters. The Morgan fingerprint density at radius 1 is 1.15 bits per heavy atom. The molecule has 0 aliphatic carbocycles. The van der Waals surface area contributed by atoms with Crippen molar-refractivity contribution in [1.29, 1.82) is 0 Å². The van der Waals surface area contributed by atoms with E-state index in [1.807, 2.05) is 54.6 Å². The molecule has 3 rings (SSSR count). The third-order valence-electron chi connectivity index (χ3n) is 3.45. The molecule has 8 heteroatoms. The molecule has 0 saturated heterocycles. The second-order valence-corrected chi connectivity index (χ2v) is 5.41. The monoisotopic (exact) mass is 351 g/mol. The first kappa shape index (κ1) is 17.2. The van der Waals surface area contributed by atoms with E-state index < -0.39 is 0 Å². The SMILES string of the molecule is Nc1nonc1CC(=O)N/N=C/c1ccc(OCc2ccccc2)cc1. The smallest absolute Gasteiger partial charge is 0.246 e. The van der Waals surface area contributed by atoms with Gasteiger partial charge in [0.2, 0.25) is 5.91 Å². The van der Waals surface area contributed by atoms with Gasteiger partial charge in [-0.05, 0) is 40.5 Å². The molecule has 0 aliphatic rings. The van der Waals surface area contributed by atoms with Crippen LogP contribution in [0.4, 0.5) is 5.82 Å². The minimum atomic E-state index is -0.369. The van der Waals surface area contributed by atoms with Crippen LogP contribution in [0, 0.1) is 0 Å². The van der Waals surface area contributed by atoms with Crippen LogP contribution in [0.1, 0.15) is 16.8 Å². The molecule has 1 aromatic heterocycles. The summed E-state index contributed by atoms with van der Waals surface area (Å²) in [5.74, 6) is 0.478. The highest BCUT2D eigenvalue weighted by Gasteiger charge is 2.10. The Morgan fingerprint density at radius 3 is 2.62 bits per heavy atom. The van der Waals surface area contributed by atoms with E-state index in [0.29, 0.717) is 6.61 Å². The van der Waals surface area contributed by atoms with Crippen molar-refractivity contribution in [2.45, 2.75) is 13.0 Å². The van der Waals surface area contributed by atoms with Gasteiger partial charge in [0.15, 0.2) is 5.82 Å². The number of carbonyl (C=O) groups excluding carboxylic acids is 1. The lowest BCUT2D eigenvalue weighted by Crippen LogP contribution is -2.20. The summed E-state index contributed by atoms with van der Waals surface area (Å²) in [5, 5.41) is 10.8. The summed E-state index contributed by atoms with van der Waals surface area (Å²) in [4.78, 5) is 11.7. The summed E-state index contributed by atoms with van der Waals surface area (Å²) in [5.41, 5.74) is 10.1. The number of rotatable bonds is 7. The van der Waals surface area contributed by atoms with Gasteiger partial charge in [-0.25, -0.2) is 10.1 Å². The lowest BCUT2D eigenvalue weighted by atomic mass is 10.2. The molecule has 0 radical (unpaired) electrons. The fraction of sp³-hybridized carbons (Fsp3) is 0.111. The van der Waals surface area contributed by atoms with Crippen molar-refractivity contribution in [3.05, 3.63) is 71.4 Å². The lowest BCUT2D eigenvalue weighted by molar-refractivity contribution is -0.120. The van der Waals surface area contributed by atoms with E-state index in [1.54, 1.807) is 0 Å². The number of nitrogens with one attached hydrogen (secondary N) is 1. The fourth-order valence-corrected chi connectivity index (χ4v) is 2.10. The maximum Gasteiger partial charge on any atom is 0.246 e. The van der Waals surface area contributed by atoms with Crippen molar-refractivity contribution in [3.8, 4) is 5.75 Å². The summed E-state index contributed by atoms with van der Waals surface area (Å²) in [6, 6.07) is 17.3. The van der Waals surface area contributed by atoms with E-state index in [-0.39, 0.29) is 23.8 Å².